The largest absolute Gasteiger partial charge is 0.356 e. The van der Waals surface area contributed by atoms with E-state index in [1.165, 1.54) is 12.8 Å². The van der Waals surface area contributed by atoms with Crippen molar-refractivity contribution >= 4 is 41.5 Å². The molecule has 0 atom stereocenters. The van der Waals surface area contributed by atoms with E-state index in [0.29, 0.717) is 6.54 Å². The van der Waals surface area contributed by atoms with E-state index in [0.717, 1.165) is 48.9 Å². The number of benzene rings is 1. The van der Waals surface area contributed by atoms with E-state index in [2.05, 4.69) is 40.9 Å². The minimum absolute atomic E-state index is 0. The normalized spacial score (nSPS) is 14.4. The second-order valence-corrected chi connectivity index (χ2v) is 7.21. The van der Waals surface area contributed by atoms with Crippen LogP contribution in [0, 0.1) is 11.8 Å². The predicted molar refractivity (Wildman–Crippen MR) is 120 cm³/mol. The van der Waals surface area contributed by atoms with Crippen molar-refractivity contribution in [1.29, 1.82) is 0 Å². The van der Waals surface area contributed by atoms with Gasteiger partial charge in [0.15, 0.2) is 5.96 Å². The SMILES string of the molecule is CN=C(NCCCC(C)C)NCc1cccc(NC(=O)C2CCC2)c1.I. The van der Waals surface area contributed by atoms with E-state index in [1.54, 1.807) is 7.05 Å². The van der Waals surface area contributed by atoms with Crippen LogP contribution in [0.15, 0.2) is 29.3 Å². The zero-order valence-electron chi connectivity index (χ0n) is 16.2. The highest BCUT2D eigenvalue weighted by atomic mass is 127. The van der Waals surface area contributed by atoms with Gasteiger partial charge < -0.3 is 16.0 Å². The van der Waals surface area contributed by atoms with Crippen molar-refractivity contribution in [3.05, 3.63) is 29.8 Å². The summed E-state index contributed by atoms with van der Waals surface area (Å²) >= 11 is 0. The van der Waals surface area contributed by atoms with Gasteiger partial charge in [0.2, 0.25) is 5.91 Å². The van der Waals surface area contributed by atoms with Gasteiger partial charge >= 0.3 is 0 Å². The van der Waals surface area contributed by atoms with Crippen LogP contribution in [-0.4, -0.2) is 25.5 Å². The fourth-order valence-electron chi connectivity index (χ4n) is 2.80. The zero-order chi connectivity index (χ0) is 18.1. The molecule has 5 nitrogen and oxygen atoms in total. The minimum Gasteiger partial charge on any atom is -0.356 e. The van der Waals surface area contributed by atoms with Crippen molar-refractivity contribution in [2.24, 2.45) is 16.8 Å². The summed E-state index contributed by atoms with van der Waals surface area (Å²) in [7, 11) is 1.78. The molecule has 1 aliphatic rings. The number of amides is 1. The van der Waals surface area contributed by atoms with Gasteiger partial charge in [-0.25, -0.2) is 0 Å². The van der Waals surface area contributed by atoms with Crippen LogP contribution in [0.1, 0.15) is 51.5 Å². The van der Waals surface area contributed by atoms with Gasteiger partial charge in [0.25, 0.3) is 0 Å². The highest BCUT2D eigenvalue weighted by Crippen LogP contribution is 2.27. The Kier molecular flexibility index (Phi) is 10.6. The quantitative estimate of drug-likeness (QED) is 0.231. The first-order valence-corrected chi connectivity index (χ1v) is 9.43. The Morgan fingerprint density at radius 1 is 1.27 bits per heavy atom. The van der Waals surface area contributed by atoms with Crippen LogP contribution in [0.2, 0.25) is 0 Å². The second-order valence-electron chi connectivity index (χ2n) is 7.21. The van der Waals surface area contributed by atoms with Gasteiger partial charge in [0.1, 0.15) is 0 Å². The second kappa shape index (κ2) is 12.1. The van der Waals surface area contributed by atoms with Crippen molar-refractivity contribution in [2.45, 2.75) is 52.5 Å². The number of carbonyl (C=O) groups excluding carboxylic acids is 1. The lowest BCUT2D eigenvalue weighted by Crippen LogP contribution is -2.37. The predicted octanol–water partition coefficient (Wildman–Crippen LogP) is 4.14. The van der Waals surface area contributed by atoms with E-state index in [1.807, 2.05) is 18.2 Å². The molecule has 0 bridgehead atoms. The summed E-state index contributed by atoms with van der Waals surface area (Å²) < 4.78 is 0. The van der Waals surface area contributed by atoms with E-state index in [-0.39, 0.29) is 35.8 Å². The third-order valence-corrected chi connectivity index (χ3v) is 4.60. The van der Waals surface area contributed by atoms with Gasteiger partial charge in [0, 0.05) is 31.7 Å². The first-order valence-electron chi connectivity index (χ1n) is 9.43. The van der Waals surface area contributed by atoms with Crippen molar-refractivity contribution < 1.29 is 4.79 Å². The number of carbonyl (C=O) groups is 1. The van der Waals surface area contributed by atoms with E-state index in [9.17, 15) is 4.79 Å². The molecule has 2 rings (SSSR count). The smallest absolute Gasteiger partial charge is 0.227 e. The van der Waals surface area contributed by atoms with Crippen LogP contribution in [-0.2, 0) is 11.3 Å². The maximum atomic E-state index is 12.1. The average Bonchev–Trinajstić information content (AvgIpc) is 2.52. The maximum Gasteiger partial charge on any atom is 0.227 e. The molecule has 3 N–H and O–H groups in total. The Morgan fingerprint density at radius 3 is 2.65 bits per heavy atom. The zero-order valence-corrected chi connectivity index (χ0v) is 18.5. The molecule has 1 aliphatic carbocycles. The van der Waals surface area contributed by atoms with Crippen molar-refractivity contribution in [2.75, 3.05) is 18.9 Å². The monoisotopic (exact) mass is 472 g/mol. The summed E-state index contributed by atoms with van der Waals surface area (Å²) in [5.41, 5.74) is 1.99. The Bertz CT molecular complexity index is 585. The number of nitrogens with one attached hydrogen (secondary N) is 3. The van der Waals surface area contributed by atoms with Gasteiger partial charge in [-0.15, -0.1) is 24.0 Å². The van der Waals surface area contributed by atoms with Crippen LogP contribution in [0.3, 0.4) is 0 Å². The first-order chi connectivity index (χ1) is 12.1. The lowest BCUT2D eigenvalue weighted by Gasteiger charge is -2.24. The number of aliphatic imine (C=N–C) groups is 1. The summed E-state index contributed by atoms with van der Waals surface area (Å²) in [4.78, 5) is 16.3. The number of rotatable bonds is 8. The van der Waals surface area contributed by atoms with Crippen LogP contribution in [0.5, 0.6) is 0 Å². The number of hydrogen-bond acceptors (Lipinski definition) is 2. The highest BCUT2D eigenvalue weighted by molar-refractivity contribution is 14.0. The lowest BCUT2D eigenvalue weighted by molar-refractivity contribution is -0.122. The average molecular weight is 472 g/mol. The highest BCUT2D eigenvalue weighted by Gasteiger charge is 2.25. The number of guanidine groups is 1. The van der Waals surface area contributed by atoms with Crippen molar-refractivity contribution in [1.82, 2.24) is 10.6 Å². The summed E-state index contributed by atoms with van der Waals surface area (Å²) in [6.07, 6.45) is 5.57. The van der Waals surface area contributed by atoms with Gasteiger partial charge in [-0.2, -0.15) is 0 Å². The molecule has 1 aromatic rings. The summed E-state index contributed by atoms with van der Waals surface area (Å²) in [6.45, 7) is 6.08. The number of anilines is 1. The Labute approximate surface area is 174 Å². The molecule has 1 aromatic carbocycles. The molecule has 1 saturated carbocycles. The molecule has 0 heterocycles. The Hall–Kier alpha value is -1.31. The summed E-state index contributed by atoms with van der Waals surface area (Å²) in [6, 6.07) is 8.00. The van der Waals surface area contributed by atoms with Crippen LogP contribution >= 0.6 is 24.0 Å². The fourth-order valence-corrected chi connectivity index (χ4v) is 2.80. The molecule has 0 aliphatic heterocycles. The van der Waals surface area contributed by atoms with E-state index < -0.39 is 0 Å². The number of halogens is 1. The molecule has 0 aromatic heterocycles. The molecule has 0 unspecified atom stereocenters. The minimum atomic E-state index is 0. The summed E-state index contributed by atoms with van der Waals surface area (Å²) in [5.74, 6) is 1.90. The fraction of sp³-hybridized carbons (Fsp3) is 0.600. The van der Waals surface area contributed by atoms with Crippen LogP contribution in [0.4, 0.5) is 5.69 Å². The molecule has 0 saturated heterocycles. The van der Waals surface area contributed by atoms with Crippen molar-refractivity contribution in [3.63, 3.8) is 0 Å². The first kappa shape index (κ1) is 22.7. The standard InChI is InChI=1S/C20H32N4O.HI/c1-15(2)7-6-12-22-20(21-3)23-14-16-8-4-11-18(13-16)24-19(25)17-9-5-10-17;/h4,8,11,13,15,17H,5-7,9-10,12,14H2,1-3H3,(H,24,25)(H2,21,22,23);1H. The third-order valence-electron chi connectivity index (χ3n) is 4.60. The molecule has 1 fully saturated rings. The molecule has 26 heavy (non-hydrogen) atoms. The van der Waals surface area contributed by atoms with E-state index >= 15 is 0 Å². The van der Waals surface area contributed by atoms with Crippen LogP contribution < -0.4 is 16.0 Å². The molecule has 146 valence electrons. The Morgan fingerprint density at radius 2 is 2.04 bits per heavy atom. The van der Waals surface area contributed by atoms with E-state index in [4.69, 9.17) is 0 Å². The van der Waals surface area contributed by atoms with Crippen molar-refractivity contribution in [3.8, 4) is 0 Å². The summed E-state index contributed by atoms with van der Waals surface area (Å²) in [5, 5.41) is 9.69. The molecule has 0 radical (unpaired) electrons. The van der Waals surface area contributed by atoms with Gasteiger partial charge in [0.05, 0.1) is 0 Å². The lowest BCUT2D eigenvalue weighted by atomic mass is 9.85. The van der Waals surface area contributed by atoms with Gasteiger partial charge in [-0.05, 0) is 49.3 Å². The maximum absolute atomic E-state index is 12.1. The molecular weight excluding hydrogens is 439 g/mol. The number of nitrogens with zero attached hydrogens (tertiary/aromatic N) is 1. The van der Waals surface area contributed by atoms with Gasteiger partial charge in [-0.3, -0.25) is 9.79 Å². The molecule has 6 heteroatoms. The van der Waals surface area contributed by atoms with Crippen LogP contribution in [0.25, 0.3) is 0 Å². The molecule has 0 spiro atoms. The molecule has 1 amide bonds. The Balaban J connectivity index is 0.00000338. The topological polar surface area (TPSA) is 65.5 Å². The number of hydrogen-bond donors (Lipinski definition) is 3. The van der Waals surface area contributed by atoms with Gasteiger partial charge in [-0.1, -0.05) is 32.4 Å². The molecular formula is C20H33IN4O. The third kappa shape index (κ3) is 7.93.